The number of aromatic nitrogens is 1. The number of aliphatic imine (C=N–C) groups is 1. The SMILES string of the molecule is CN=C(NCc1ccc(OCCCN(C)C)cc1)N(C)Cc1csc(C(C)OC)n1.I. The molecule has 2 aromatic rings. The quantitative estimate of drug-likeness (QED) is 0.194. The summed E-state index contributed by atoms with van der Waals surface area (Å²) in [6.45, 7) is 5.15. The molecule has 0 spiro atoms. The first-order chi connectivity index (χ1) is 14.4. The molecule has 9 heteroatoms. The number of halogens is 1. The molecule has 0 bridgehead atoms. The van der Waals surface area contributed by atoms with Gasteiger partial charge in [0.15, 0.2) is 5.96 Å². The fourth-order valence-corrected chi connectivity index (χ4v) is 3.68. The highest BCUT2D eigenvalue weighted by molar-refractivity contribution is 14.0. The van der Waals surface area contributed by atoms with E-state index >= 15 is 0 Å². The molecule has 1 aromatic heterocycles. The van der Waals surface area contributed by atoms with Crippen LogP contribution in [0.25, 0.3) is 0 Å². The van der Waals surface area contributed by atoms with Gasteiger partial charge in [-0.2, -0.15) is 0 Å². The van der Waals surface area contributed by atoms with Gasteiger partial charge in [-0.25, -0.2) is 4.98 Å². The maximum absolute atomic E-state index is 5.80. The summed E-state index contributed by atoms with van der Waals surface area (Å²) in [7, 11) is 9.65. The van der Waals surface area contributed by atoms with Crippen LogP contribution in [0.3, 0.4) is 0 Å². The highest BCUT2D eigenvalue weighted by Crippen LogP contribution is 2.21. The fraction of sp³-hybridized carbons (Fsp3) is 0.545. The summed E-state index contributed by atoms with van der Waals surface area (Å²) < 4.78 is 11.1. The smallest absolute Gasteiger partial charge is 0.194 e. The zero-order valence-corrected chi connectivity index (χ0v) is 22.6. The topological polar surface area (TPSA) is 62.2 Å². The Morgan fingerprint density at radius 2 is 1.94 bits per heavy atom. The van der Waals surface area contributed by atoms with E-state index in [-0.39, 0.29) is 30.1 Å². The Labute approximate surface area is 207 Å². The molecule has 1 heterocycles. The van der Waals surface area contributed by atoms with Gasteiger partial charge in [0.1, 0.15) is 16.9 Å². The molecule has 1 aromatic carbocycles. The van der Waals surface area contributed by atoms with Crippen LogP contribution in [0.5, 0.6) is 5.75 Å². The summed E-state index contributed by atoms with van der Waals surface area (Å²) >= 11 is 1.63. The van der Waals surface area contributed by atoms with Crippen LogP contribution in [0.4, 0.5) is 0 Å². The van der Waals surface area contributed by atoms with E-state index in [9.17, 15) is 0 Å². The number of nitrogens with one attached hydrogen (secondary N) is 1. The van der Waals surface area contributed by atoms with E-state index in [2.05, 4.69) is 56.7 Å². The molecular formula is C22H36IN5O2S. The monoisotopic (exact) mass is 561 g/mol. The molecule has 0 saturated heterocycles. The van der Waals surface area contributed by atoms with E-state index in [1.807, 2.05) is 26.1 Å². The first-order valence-corrected chi connectivity index (χ1v) is 11.1. The van der Waals surface area contributed by atoms with Crippen LogP contribution < -0.4 is 10.1 Å². The van der Waals surface area contributed by atoms with Gasteiger partial charge in [-0.3, -0.25) is 4.99 Å². The maximum Gasteiger partial charge on any atom is 0.194 e. The highest BCUT2D eigenvalue weighted by atomic mass is 127. The number of hydrogen-bond donors (Lipinski definition) is 1. The van der Waals surface area contributed by atoms with Crippen LogP contribution >= 0.6 is 35.3 Å². The first-order valence-electron chi connectivity index (χ1n) is 10.2. The Kier molecular flexibility index (Phi) is 13.0. The lowest BCUT2D eigenvalue weighted by Crippen LogP contribution is -2.38. The third kappa shape index (κ3) is 9.71. The summed E-state index contributed by atoms with van der Waals surface area (Å²) in [5.74, 6) is 1.73. The average Bonchev–Trinajstić information content (AvgIpc) is 3.20. The van der Waals surface area contributed by atoms with Crippen molar-refractivity contribution in [3.05, 3.63) is 45.9 Å². The van der Waals surface area contributed by atoms with Crippen molar-refractivity contribution >= 4 is 41.3 Å². The summed E-state index contributed by atoms with van der Waals surface area (Å²) in [6, 6.07) is 8.21. The molecule has 0 aliphatic carbocycles. The number of methoxy groups -OCH3 is 1. The fourth-order valence-electron chi connectivity index (χ4n) is 2.84. The molecule has 0 saturated carbocycles. The zero-order valence-electron chi connectivity index (χ0n) is 19.4. The largest absolute Gasteiger partial charge is 0.494 e. The predicted molar refractivity (Wildman–Crippen MR) is 140 cm³/mol. The van der Waals surface area contributed by atoms with E-state index < -0.39 is 0 Å². The molecule has 0 aliphatic heterocycles. The third-order valence-corrected chi connectivity index (χ3v) is 5.69. The van der Waals surface area contributed by atoms with E-state index in [0.29, 0.717) is 13.1 Å². The average molecular weight is 562 g/mol. The van der Waals surface area contributed by atoms with E-state index in [1.165, 1.54) is 5.56 Å². The molecule has 174 valence electrons. The van der Waals surface area contributed by atoms with Crippen molar-refractivity contribution in [2.75, 3.05) is 48.5 Å². The van der Waals surface area contributed by atoms with Gasteiger partial charge in [0.25, 0.3) is 0 Å². The Morgan fingerprint density at radius 3 is 2.55 bits per heavy atom. The van der Waals surface area contributed by atoms with Crippen molar-refractivity contribution in [1.82, 2.24) is 20.1 Å². The van der Waals surface area contributed by atoms with Crippen molar-refractivity contribution in [2.45, 2.75) is 32.5 Å². The van der Waals surface area contributed by atoms with Gasteiger partial charge in [0.05, 0.1) is 18.8 Å². The van der Waals surface area contributed by atoms with Gasteiger partial charge in [0.2, 0.25) is 0 Å². The van der Waals surface area contributed by atoms with Crippen LogP contribution in [0.2, 0.25) is 0 Å². The number of hydrogen-bond acceptors (Lipinski definition) is 6. The van der Waals surface area contributed by atoms with Gasteiger partial charge < -0.3 is 24.6 Å². The number of thiazole rings is 1. The number of rotatable bonds is 11. The van der Waals surface area contributed by atoms with Crippen molar-refractivity contribution in [2.24, 2.45) is 4.99 Å². The van der Waals surface area contributed by atoms with E-state index in [1.54, 1.807) is 25.5 Å². The van der Waals surface area contributed by atoms with Gasteiger partial charge in [0, 0.05) is 39.7 Å². The molecule has 1 atom stereocenters. The number of benzene rings is 1. The molecule has 2 rings (SSSR count). The molecule has 31 heavy (non-hydrogen) atoms. The first kappa shape index (κ1) is 27.6. The summed E-state index contributed by atoms with van der Waals surface area (Å²) in [4.78, 5) is 13.3. The summed E-state index contributed by atoms with van der Waals surface area (Å²) in [5, 5.41) is 6.48. The minimum atomic E-state index is 0. The van der Waals surface area contributed by atoms with Crippen LogP contribution in [0.15, 0.2) is 34.6 Å². The van der Waals surface area contributed by atoms with Crippen LogP contribution in [0.1, 0.15) is 35.7 Å². The van der Waals surface area contributed by atoms with Gasteiger partial charge in [-0.1, -0.05) is 12.1 Å². The second-order valence-corrected chi connectivity index (χ2v) is 8.35. The lowest BCUT2D eigenvalue weighted by molar-refractivity contribution is 0.119. The van der Waals surface area contributed by atoms with Crippen LogP contribution in [0, 0.1) is 0 Å². The Balaban J connectivity index is 0.00000480. The van der Waals surface area contributed by atoms with Crippen molar-refractivity contribution < 1.29 is 9.47 Å². The highest BCUT2D eigenvalue weighted by Gasteiger charge is 2.12. The normalized spacial score (nSPS) is 12.4. The van der Waals surface area contributed by atoms with Crippen molar-refractivity contribution in [1.29, 1.82) is 0 Å². The van der Waals surface area contributed by atoms with Crippen LogP contribution in [-0.4, -0.2) is 69.2 Å². The molecule has 0 amide bonds. The van der Waals surface area contributed by atoms with Gasteiger partial charge in [-0.05, 0) is 45.1 Å². The van der Waals surface area contributed by atoms with Gasteiger partial charge >= 0.3 is 0 Å². The lowest BCUT2D eigenvalue weighted by Gasteiger charge is -2.21. The van der Waals surface area contributed by atoms with Crippen LogP contribution in [-0.2, 0) is 17.8 Å². The van der Waals surface area contributed by atoms with Crippen molar-refractivity contribution in [3.63, 3.8) is 0 Å². The lowest BCUT2D eigenvalue weighted by atomic mass is 10.2. The molecule has 0 fully saturated rings. The molecule has 0 aliphatic rings. The molecule has 1 N–H and O–H groups in total. The van der Waals surface area contributed by atoms with Gasteiger partial charge in [-0.15, -0.1) is 35.3 Å². The Morgan fingerprint density at radius 1 is 1.23 bits per heavy atom. The van der Waals surface area contributed by atoms with Crippen molar-refractivity contribution in [3.8, 4) is 5.75 Å². The van der Waals surface area contributed by atoms with E-state index in [4.69, 9.17) is 9.47 Å². The summed E-state index contributed by atoms with van der Waals surface area (Å²) in [6.07, 6.45) is 1.04. The molecule has 0 radical (unpaired) electrons. The predicted octanol–water partition coefficient (Wildman–Crippen LogP) is 4.01. The number of ether oxygens (including phenoxy) is 2. The standard InChI is InChI=1S/C22H35N5O2S.HI/c1-17(28-6)21-25-19(16-30-21)15-27(5)22(23-2)24-14-18-8-10-20(11-9-18)29-13-7-12-26(3)4;/h8-11,16-17H,7,12-15H2,1-6H3,(H,23,24);1H. The second-order valence-electron chi connectivity index (χ2n) is 7.46. The molecule has 1 unspecified atom stereocenters. The van der Waals surface area contributed by atoms with E-state index in [0.717, 1.165) is 42.0 Å². The number of guanidine groups is 1. The summed E-state index contributed by atoms with van der Waals surface area (Å²) in [5.41, 5.74) is 2.19. The Hall–Kier alpha value is -1.43. The minimum absolute atomic E-state index is 0. The number of nitrogens with zero attached hydrogens (tertiary/aromatic N) is 4. The third-order valence-electron chi connectivity index (χ3n) is 4.64. The molecule has 7 nitrogen and oxygen atoms in total. The zero-order chi connectivity index (χ0) is 21.9. The minimum Gasteiger partial charge on any atom is -0.494 e. The maximum atomic E-state index is 5.80. The molecular weight excluding hydrogens is 525 g/mol. The Bertz CT molecular complexity index is 782. The second kappa shape index (κ2) is 14.6.